The summed E-state index contributed by atoms with van der Waals surface area (Å²) in [5.74, 6) is -1.47. The van der Waals surface area contributed by atoms with Crippen molar-refractivity contribution in [3.05, 3.63) is 59.7 Å². The van der Waals surface area contributed by atoms with Gasteiger partial charge in [-0.05, 0) is 25.1 Å². The van der Waals surface area contributed by atoms with Crippen molar-refractivity contribution in [1.82, 2.24) is 0 Å². The second-order valence-corrected chi connectivity index (χ2v) is 6.69. The Morgan fingerprint density at radius 3 is 2.45 bits per heavy atom. The van der Waals surface area contributed by atoms with Gasteiger partial charge in [-0.1, -0.05) is 18.2 Å². The smallest absolute Gasteiger partial charge is 0.176 e. The van der Waals surface area contributed by atoms with Crippen molar-refractivity contribution < 1.29 is 17.2 Å². The fraction of sp³-hybridized carbons (Fsp3) is 0.133. The van der Waals surface area contributed by atoms with Crippen LogP contribution in [0.3, 0.4) is 0 Å². The Morgan fingerprint density at radius 2 is 1.82 bits per heavy atom. The first kappa shape index (κ1) is 16.1. The molecule has 22 heavy (non-hydrogen) atoms. The molecule has 0 spiro atoms. The molecule has 0 saturated carbocycles. The zero-order valence-electron chi connectivity index (χ0n) is 12.0. The topological polar surface area (TPSA) is 58.5 Å². The van der Waals surface area contributed by atoms with Gasteiger partial charge in [0.2, 0.25) is 0 Å². The van der Waals surface area contributed by atoms with Crippen LogP contribution in [0.25, 0.3) is 0 Å². The highest BCUT2D eigenvalue weighted by Gasteiger charge is 2.14. The van der Waals surface area contributed by atoms with Crippen LogP contribution < -0.4 is 5.43 Å². The first-order valence-corrected chi connectivity index (χ1v) is 8.23. The number of hydrogen-bond donors (Lipinski definition) is 1. The molecule has 1 N–H and O–H groups in total. The van der Waals surface area contributed by atoms with Gasteiger partial charge >= 0.3 is 0 Å². The van der Waals surface area contributed by atoms with Gasteiger partial charge in [0.25, 0.3) is 0 Å². The quantitative estimate of drug-likeness (QED) is 0.694. The van der Waals surface area contributed by atoms with Crippen LogP contribution in [0.15, 0.2) is 52.5 Å². The number of sulfone groups is 1. The van der Waals surface area contributed by atoms with Gasteiger partial charge in [-0.25, -0.2) is 17.2 Å². The second-order valence-electron chi connectivity index (χ2n) is 4.70. The molecular formula is C15H14F2N2O2S. The van der Waals surface area contributed by atoms with Crippen LogP contribution in [0.5, 0.6) is 0 Å². The number of benzene rings is 2. The lowest BCUT2D eigenvalue weighted by Crippen LogP contribution is -2.08. The van der Waals surface area contributed by atoms with E-state index in [-0.39, 0.29) is 10.6 Å². The number of halogens is 2. The molecule has 0 aromatic heterocycles. The van der Waals surface area contributed by atoms with Crippen LogP contribution in [0.1, 0.15) is 12.5 Å². The number of anilines is 1. The third-order valence-electron chi connectivity index (χ3n) is 2.95. The minimum atomic E-state index is -3.41. The van der Waals surface area contributed by atoms with E-state index in [1.54, 1.807) is 25.1 Å². The summed E-state index contributed by atoms with van der Waals surface area (Å²) in [5, 5.41) is 3.97. The van der Waals surface area contributed by atoms with E-state index in [2.05, 4.69) is 10.5 Å². The van der Waals surface area contributed by atoms with Crippen molar-refractivity contribution >= 4 is 21.2 Å². The minimum Gasteiger partial charge on any atom is -0.275 e. The van der Waals surface area contributed by atoms with Gasteiger partial charge in [0.05, 0.1) is 16.3 Å². The van der Waals surface area contributed by atoms with Crippen molar-refractivity contribution in [2.75, 3.05) is 11.7 Å². The molecule has 4 nitrogen and oxygen atoms in total. The van der Waals surface area contributed by atoms with E-state index in [0.717, 1.165) is 18.4 Å². The van der Waals surface area contributed by atoms with E-state index >= 15 is 0 Å². The van der Waals surface area contributed by atoms with E-state index < -0.39 is 21.5 Å². The fourth-order valence-corrected chi connectivity index (χ4v) is 2.81. The maximum atomic E-state index is 13.5. The van der Waals surface area contributed by atoms with E-state index in [1.165, 1.54) is 12.1 Å². The van der Waals surface area contributed by atoms with E-state index in [0.29, 0.717) is 11.3 Å². The molecule has 0 amide bonds. The second kappa shape index (κ2) is 6.23. The Bertz CT molecular complexity index is 833. The summed E-state index contributed by atoms with van der Waals surface area (Å²) < 4.78 is 49.8. The summed E-state index contributed by atoms with van der Waals surface area (Å²) in [4.78, 5) is 0.137. The van der Waals surface area contributed by atoms with Crippen LogP contribution >= 0.6 is 0 Å². The first-order chi connectivity index (χ1) is 10.3. The predicted octanol–water partition coefficient (Wildman–Crippen LogP) is 3.20. The van der Waals surface area contributed by atoms with Crippen molar-refractivity contribution in [3.8, 4) is 0 Å². The molecule has 0 heterocycles. The lowest BCUT2D eigenvalue weighted by atomic mass is 10.1. The van der Waals surface area contributed by atoms with Gasteiger partial charge < -0.3 is 0 Å². The van der Waals surface area contributed by atoms with Gasteiger partial charge in [0.1, 0.15) is 5.82 Å². The normalized spacial score (nSPS) is 12.3. The van der Waals surface area contributed by atoms with Gasteiger partial charge in [-0.15, -0.1) is 0 Å². The molecular weight excluding hydrogens is 310 g/mol. The predicted molar refractivity (Wildman–Crippen MR) is 81.7 cm³/mol. The molecule has 2 aromatic rings. The van der Waals surface area contributed by atoms with E-state index in [1.807, 2.05) is 0 Å². The fourth-order valence-electron chi connectivity index (χ4n) is 1.87. The van der Waals surface area contributed by atoms with Crippen molar-refractivity contribution in [3.63, 3.8) is 0 Å². The maximum absolute atomic E-state index is 13.5. The van der Waals surface area contributed by atoms with Crippen molar-refractivity contribution in [2.45, 2.75) is 11.8 Å². The maximum Gasteiger partial charge on any atom is 0.176 e. The van der Waals surface area contributed by atoms with Crippen LogP contribution in [0.2, 0.25) is 0 Å². The number of hydrogen-bond acceptors (Lipinski definition) is 4. The summed E-state index contributed by atoms with van der Waals surface area (Å²) in [7, 11) is -3.41. The molecule has 2 rings (SSSR count). The van der Waals surface area contributed by atoms with Crippen LogP contribution in [-0.4, -0.2) is 20.4 Å². The van der Waals surface area contributed by atoms with Crippen molar-refractivity contribution in [1.29, 1.82) is 0 Å². The zero-order chi connectivity index (χ0) is 16.3. The molecule has 0 aliphatic heterocycles. The molecule has 0 aliphatic rings. The SMILES string of the molecule is C/C(=N\Nc1ccc(F)cc1F)c1ccccc1S(C)(=O)=O. The monoisotopic (exact) mass is 324 g/mol. The summed E-state index contributed by atoms with van der Waals surface area (Å²) in [6, 6.07) is 9.42. The van der Waals surface area contributed by atoms with Gasteiger partial charge in [-0.2, -0.15) is 5.10 Å². The Hall–Kier alpha value is -2.28. The lowest BCUT2D eigenvalue weighted by molar-refractivity contribution is 0.585. The standard InChI is InChI=1S/C15H14F2N2O2S/c1-10(12-5-3-4-6-15(12)22(2,20)21)18-19-14-8-7-11(16)9-13(14)17/h3-9,19H,1-2H3/b18-10+. The highest BCUT2D eigenvalue weighted by atomic mass is 32.2. The lowest BCUT2D eigenvalue weighted by Gasteiger charge is -2.08. The molecule has 7 heteroatoms. The number of rotatable bonds is 4. The van der Waals surface area contributed by atoms with E-state index in [9.17, 15) is 17.2 Å². The Morgan fingerprint density at radius 1 is 1.14 bits per heavy atom. The molecule has 0 bridgehead atoms. The third-order valence-corrected chi connectivity index (χ3v) is 4.11. The Labute approximate surface area is 127 Å². The van der Waals surface area contributed by atoms with Gasteiger partial charge in [-0.3, -0.25) is 5.43 Å². The third kappa shape index (κ3) is 3.67. The van der Waals surface area contributed by atoms with Crippen molar-refractivity contribution in [2.24, 2.45) is 5.10 Å². The largest absolute Gasteiger partial charge is 0.275 e. The zero-order valence-corrected chi connectivity index (χ0v) is 12.8. The first-order valence-electron chi connectivity index (χ1n) is 6.34. The molecule has 116 valence electrons. The molecule has 0 saturated heterocycles. The summed E-state index contributed by atoms with van der Waals surface area (Å²) in [6.07, 6.45) is 1.10. The number of hydrazone groups is 1. The van der Waals surface area contributed by atoms with Gasteiger partial charge in [0, 0.05) is 17.9 Å². The van der Waals surface area contributed by atoms with E-state index in [4.69, 9.17) is 0 Å². The Balaban J connectivity index is 2.34. The average molecular weight is 324 g/mol. The Kier molecular flexibility index (Phi) is 4.56. The summed E-state index contributed by atoms with van der Waals surface area (Å²) in [6.45, 7) is 1.60. The molecule has 0 unspecified atom stereocenters. The number of nitrogens with zero attached hydrogens (tertiary/aromatic N) is 1. The molecule has 0 radical (unpaired) electrons. The molecule has 0 fully saturated rings. The summed E-state index contributed by atoms with van der Waals surface area (Å²) in [5.41, 5.74) is 3.25. The summed E-state index contributed by atoms with van der Waals surface area (Å²) >= 11 is 0. The highest BCUT2D eigenvalue weighted by Crippen LogP contribution is 2.18. The average Bonchev–Trinajstić information content (AvgIpc) is 2.45. The molecule has 0 aliphatic carbocycles. The van der Waals surface area contributed by atoms with Gasteiger partial charge in [0.15, 0.2) is 15.7 Å². The van der Waals surface area contributed by atoms with Crippen LogP contribution in [0, 0.1) is 11.6 Å². The van der Waals surface area contributed by atoms with Crippen LogP contribution in [-0.2, 0) is 9.84 Å². The van der Waals surface area contributed by atoms with Crippen LogP contribution in [0.4, 0.5) is 14.5 Å². The minimum absolute atomic E-state index is 0.00223. The number of nitrogens with one attached hydrogen (secondary N) is 1. The molecule has 0 atom stereocenters. The highest BCUT2D eigenvalue weighted by molar-refractivity contribution is 7.90. The molecule has 2 aromatic carbocycles.